The SMILES string of the molecule is O=c1[nH]cc(Br)c(=O)n1-c1ccccc1. The van der Waals surface area contributed by atoms with Crippen LogP contribution >= 0.6 is 15.9 Å². The molecule has 2 rings (SSSR count). The van der Waals surface area contributed by atoms with Crippen LogP contribution in [0.4, 0.5) is 0 Å². The first-order valence-electron chi connectivity index (χ1n) is 4.26. The van der Waals surface area contributed by atoms with E-state index >= 15 is 0 Å². The maximum atomic E-state index is 11.7. The number of nitrogens with zero attached hydrogens (tertiary/aromatic N) is 1. The van der Waals surface area contributed by atoms with Crippen molar-refractivity contribution in [2.24, 2.45) is 0 Å². The van der Waals surface area contributed by atoms with E-state index in [1.54, 1.807) is 24.3 Å². The highest BCUT2D eigenvalue weighted by Gasteiger charge is 2.05. The Labute approximate surface area is 93.3 Å². The summed E-state index contributed by atoms with van der Waals surface area (Å²) < 4.78 is 1.40. The molecule has 0 aliphatic rings. The van der Waals surface area contributed by atoms with Gasteiger partial charge in [0.25, 0.3) is 5.56 Å². The van der Waals surface area contributed by atoms with Crippen LogP contribution in [0, 0.1) is 0 Å². The number of hydrogen-bond acceptors (Lipinski definition) is 2. The first kappa shape index (κ1) is 9.92. The summed E-state index contributed by atoms with van der Waals surface area (Å²) in [5.74, 6) is 0. The van der Waals surface area contributed by atoms with Crippen molar-refractivity contribution in [2.45, 2.75) is 0 Å². The fourth-order valence-corrected chi connectivity index (χ4v) is 1.55. The second-order valence-corrected chi connectivity index (χ2v) is 3.77. The molecule has 0 bridgehead atoms. The van der Waals surface area contributed by atoms with Gasteiger partial charge in [0.1, 0.15) is 0 Å². The van der Waals surface area contributed by atoms with E-state index < -0.39 is 5.69 Å². The Balaban J connectivity index is 2.80. The highest BCUT2D eigenvalue weighted by atomic mass is 79.9. The predicted octanol–water partition coefficient (Wildman–Crippen LogP) is 1.29. The van der Waals surface area contributed by atoms with Gasteiger partial charge in [0.05, 0.1) is 10.2 Å². The van der Waals surface area contributed by atoms with E-state index in [0.29, 0.717) is 10.2 Å². The molecule has 0 unspecified atom stereocenters. The Morgan fingerprint density at radius 2 is 1.80 bits per heavy atom. The number of para-hydroxylation sites is 1. The van der Waals surface area contributed by atoms with E-state index in [9.17, 15) is 9.59 Å². The van der Waals surface area contributed by atoms with Gasteiger partial charge < -0.3 is 4.98 Å². The zero-order valence-electron chi connectivity index (χ0n) is 7.61. The number of rotatable bonds is 1. The van der Waals surface area contributed by atoms with Gasteiger partial charge >= 0.3 is 5.69 Å². The second kappa shape index (κ2) is 3.86. The molecule has 4 nitrogen and oxygen atoms in total. The van der Waals surface area contributed by atoms with Crippen LogP contribution in [0.1, 0.15) is 0 Å². The van der Waals surface area contributed by atoms with Crippen molar-refractivity contribution in [1.82, 2.24) is 9.55 Å². The standard InChI is InChI=1S/C10H7BrN2O2/c11-8-6-12-10(15)13(9(8)14)7-4-2-1-3-5-7/h1-6H,(H,12,15). The van der Waals surface area contributed by atoms with E-state index in [-0.39, 0.29) is 5.56 Å². The molecule has 0 aliphatic carbocycles. The molecule has 5 heteroatoms. The molecule has 0 radical (unpaired) electrons. The molecule has 0 amide bonds. The van der Waals surface area contributed by atoms with Crippen molar-refractivity contribution in [3.05, 3.63) is 61.8 Å². The van der Waals surface area contributed by atoms with Crippen molar-refractivity contribution in [3.63, 3.8) is 0 Å². The molecule has 1 aromatic carbocycles. The topological polar surface area (TPSA) is 54.9 Å². The van der Waals surface area contributed by atoms with Crippen LogP contribution in [-0.2, 0) is 0 Å². The average Bonchev–Trinajstić information content (AvgIpc) is 2.26. The average molecular weight is 267 g/mol. The summed E-state index contributed by atoms with van der Waals surface area (Å²) in [7, 11) is 0. The number of benzene rings is 1. The normalized spacial score (nSPS) is 10.2. The Morgan fingerprint density at radius 3 is 2.47 bits per heavy atom. The van der Waals surface area contributed by atoms with E-state index in [0.717, 1.165) is 4.57 Å². The molecule has 0 atom stereocenters. The summed E-state index contributed by atoms with van der Waals surface area (Å²) in [4.78, 5) is 25.6. The third-order valence-corrected chi connectivity index (χ3v) is 2.52. The van der Waals surface area contributed by atoms with Crippen molar-refractivity contribution in [2.75, 3.05) is 0 Å². The maximum absolute atomic E-state index is 11.7. The number of aromatic amines is 1. The molecule has 1 heterocycles. The van der Waals surface area contributed by atoms with Gasteiger partial charge in [0, 0.05) is 6.20 Å². The van der Waals surface area contributed by atoms with Gasteiger partial charge in [0.2, 0.25) is 0 Å². The minimum absolute atomic E-state index is 0.325. The lowest BCUT2D eigenvalue weighted by molar-refractivity contribution is 0.866. The largest absolute Gasteiger partial charge is 0.333 e. The van der Waals surface area contributed by atoms with Gasteiger partial charge in [-0.1, -0.05) is 18.2 Å². The molecule has 0 saturated heterocycles. The quantitative estimate of drug-likeness (QED) is 0.846. The Hall–Kier alpha value is -1.62. The lowest BCUT2D eigenvalue weighted by atomic mass is 10.3. The number of aromatic nitrogens is 2. The third-order valence-electron chi connectivity index (χ3n) is 1.95. The lowest BCUT2D eigenvalue weighted by Gasteiger charge is -2.03. The first-order valence-corrected chi connectivity index (χ1v) is 5.05. The second-order valence-electron chi connectivity index (χ2n) is 2.92. The molecule has 0 spiro atoms. The zero-order chi connectivity index (χ0) is 10.8. The van der Waals surface area contributed by atoms with E-state index in [4.69, 9.17) is 0 Å². The van der Waals surface area contributed by atoms with Crippen LogP contribution in [0.15, 0.2) is 50.6 Å². The van der Waals surface area contributed by atoms with Gasteiger partial charge in [0.15, 0.2) is 0 Å². The summed E-state index contributed by atoms with van der Waals surface area (Å²) in [6, 6.07) is 8.75. The minimum Gasteiger partial charge on any atom is -0.312 e. The van der Waals surface area contributed by atoms with Crippen LogP contribution in [0.2, 0.25) is 0 Å². The molecular weight excluding hydrogens is 260 g/mol. The summed E-state index contributed by atoms with van der Waals surface area (Å²) >= 11 is 3.07. The Bertz CT molecular complexity index is 586. The highest BCUT2D eigenvalue weighted by molar-refractivity contribution is 9.10. The maximum Gasteiger partial charge on any atom is 0.333 e. The van der Waals surface area contributed by atoms with Crippen molar-refractivity contribution < 1.29 is 0 Å². The van der Waals surface area contributed by atoms with Crippen LogP contribution in [-0.4, -0.2) is 9.55 Å². The molecular formula is C10H7BrN2O2. The van der Waals surface area contributed by atoms with E-state index in [1.807, 2.05) is 6.07 Å². The fourth-order valence-electron chi connectivity index (χ4n) is 1.26. The van der Waals surface area contributed by atoms with Gasteiger partial charge in [-0.05, 0) is 28.1 Å². The summed E-state index contributed by atoms with van der Waals surface area (Å²) in [6.07, 6.45) is 1.34. The van der Waals surface area contributed by atoms with Crippen molar-refractivity contribution in [1.29, 1.82) is 0 Å². The molecule has 0 saturated carbocycles. The van der Waals surface area contributed by atoms with Gasteiger partial charge in [-0.15, -0.1) is 0 Å². The van der Waals surface area contributed by atoms with Gasteiger partial charge in [-0.2, -0.15) is 0 Å². The molecule has 1 aromatic heterocycles. The monoisotopic (exact) mass is 266 g/mol. The van der Waals surface area contributed by atoms with Gasteiger partial charge in [-0.3, -0.25) is 4.79 Å². The lowest BCUT2D eigenvalue weighted by Crippen LogP contribution is -2.33. The summed E-state index contributed by atoms with van der Waals surface area (Å²) in [5, 5.41) is 0. The molecule has 1 N–H and O–H groups in total. The predicted molar refractivity (Wildman–Crippen MR) is 60.4 cm³/mol. The minimum atomic E-state index is -0.450. The van der Waals surface area contributed by atoms with Gasteiger partial charge in [-0.25, -0.2) is 9.36 Å². The fraction of sp³-hybridized carbons (Fsp3) is 0. The van der Waals surface area contributed by atoms with Crippen LogP contribution in [0.3, 0.4) is 0 Å². The third kappa shape index (κ3) is 1.78. The van der Waals surface area contributed by atoms with Crippen LogP contribution in [0.25, 0.3) is 5.69 Å². The first-order chi connectivity index (χ1) is 7.20. The molecule has 15 heavy (non-hydrogen) atoms. The Kier molecular flexibility index (Phi) is 2.55. The summed E-state index contributed by atoms with van der Waals surface area (Å²) in [6.45, 7) is 0. The molecule has 2 aromatic rings. The molecule has 0 fully saturated rings. The molecule has 0 aliphatic heterocycles. The zero-order valence-corrected chi connectivity index (χ0v) is 9.19. The van der Waals surface area contributed by atoms with Crippen LogP contribution < -0.4 is 11.2 Å². The molecule has 76 valence electrons. The summed E-state index contributed by atoms with van der Waals surface area (Å²) in [5.41, 5.74) is -0.274. The van der Waals surface area contributed by atoms with Crippen molar-refractivity contribution in [3.8, 4) is 5.69 Å². The van der Waals surface area contributed by atoms with Crippen molar-refractivity contribution >= 4 is 15.9 Å². The van der Waals surface area contributed by atoms with Crippen LogP contribution in [0.5, 0.6) is 0 Å². The number of hydrogen-bond donors (Lipinski definition) is 1. The number of nitrogens with one attached hydrogen (secondary N) is 1. The van der Waals surface area contributed by atoms with E-state index in [2.05, 4.69) is 20.9 Å². The highest BCUT2D eigenvalue weighted by Crippen LogP contribution is 2.03. The number of halogens is 1. The Morgan fingerprint density at radius 1 is 1.13 bits per heavy atom. The van der Waals surface area contributed by atoms with E-state index in [1.165, 1.54) is 6.20 Å². The number of H-pyrrole nitrogens is 1. The smallest absolute Gasteiger partial charge is 0.312 e.